The summed E-state index contributed by atoms with van der Waals surface area (Å²) in [4.78, 5) is -0.0839. The van der Waals surface area contributed by atoms with Gasteiger partial charge in [0.05, 0.1) is 6.61 Å². The van der Waals surface area contributed by atoms with Crippen LogP contribution in [-0.2, 0) is 10.0 Å². The maximum absolute atomic E-state index is 11.1. The van der Waals surface area contributed by atoms with Crippen LogP contribution >= 0.6 is 12.4 Å². The van der Waals surface area contributed by atoms with E-state index >= 15 is 0 Å². The Hall–Kier alpha value is -0.980. The molecule has 0 saturated heterocycles. The highest BCUT2D eigenvalue weighted by Gasteiger charge is 2.14. The predicted octanol–water partition coefficient (Wildman–Crippen LogP) is 0.737. The fraction of sp³-hybridized carbons (Fsp3) is 0.250. The Balaban J connectivity index is 0.00000196. The van der Waals surface area contributed by atoms with Crippen molar-refractivity contribution in [3.8, 4) is 5.75 Å². The van der Waals surface area contributed by atoms with Crippen LogP contribution in [0.25, 0.3) is 0 Å². The number of ether oxygens (including phenoxy) is 1. The van der Waals surface area contributed by atoms with Gasteiger partial charge in [-0.2, -0.15) is 0 Å². The van der Waals surface area contributed by atoms with Crippen molar-refractivity contribution in [3.05, 3.63) is 18.2 Å². The minimum Gasteiger partial charge on any atom is -0.492 e. The van der Waals surface area contributed by atoms with E-state index in [0.29, 0.717) is 12.3 Å². The molecule has 0 aliphatic carbocycles. The van der Waals surface area contributed by atoms with Crippen LogP contribution in [0.5, 0.6) is 5.75 Å². The summed E-state index contributed by atoms with van der Waals surface area (Å²) in [6.07, 6.45) is 0. The minimum absolute atomic E-state index is 0. The number of nitrogens with two attached hydrogens (primary N) is 2. The van der Waals surface area contributed by atoms with Crippen molar-refractivity contribution in [2.75, 3.05) is 12.3 Å². The molecule has 0 aliphatic heterocycles. The van der Waals surface area contributed by atoms with Crippen molar-refractivity contribution >= 4 is 28.1 Å². The second-order valence-corrected chi connectivity index (χ2v) is 4.21. The van der Waals surface area contributed by atoms with Crippen LogP contribution in [-0.4, -0.2) is 15.0 Å². The predicted molar refractivity (Wildman–Crippen MR) is 60.6 cm³/mol. The second-order valence-electron chi connectivity index (χ2n) is 2.68. The summed E-state index contributed by atoms with van der Waals surface area (Å²) < 4.78 is 27.3. The van der Waals surface area contributed by atoms with E-state index in [1.807, 2.05) is 0 Å². The Labute approximate surface area is 94.9 Å². The molecule has 4 N–H and O–H groups in total. The van der Waals surface area contributed by atoms with Crippen LogP contribution in [0.15, 0.2) is 23.1 Å². The molecule has 0 atom stereocenters. The van der Waals surface area contributed by atoms with Gasteiger partial charge in [0.15, 0.2) is 0 Å². The van der Waals surface area contributed by atoms with Crippen molar-refractivity contribution in [3.63, 3.8) is 0 Å². The van der Waals surface area contributed by atoms with E-state index in [1.54, 1.807) is 13.0 Å². The molecular weight excluding hydrogens is 240 g/mol. The van der Waals surface area contributed by atoms with Crippen molar-refractivity contribution in [1.82, 2.24) is 0 Å². The van der Waals surface area contributed by atoms with E-state index in [4.69, 9.17) is 15.6 Å². The molecule has 7 heteroatoms. The van der Waals surface area contributed by atoms with Crippen LogP contribution in [0.2, 0.25) is 0 Å². The van der Waals surface area contributed by atoms with Gasteiger partial charge in [-0.25, -0.2) is 13.6 Å². The SMILES string of the molecule is CCOc1ccc(N)cc1S(N)(=O)=O.Cl. The molecular formula is C8H13ClN2O3S. The summed E-state index contributed by atoms with van der Waals surface area (Å²) in [6.45, 7) is 2.12. The first kappa shape index (κ1) is 14.0. The van der Waals surface area contributed by atoms with Gasteiger partial charge in [-0.3, -0.25) is 0 Å². The lowest BCUT2D eigenvalue weighted by Gasteiger charge is -2.08. The summed E-state index contributed by atoms with van der Waals surface area (Å²) in [5, 5.41) is 4.99. The fourth-order valence-electron chi connectivity index (χ4n) is 1.02. The first-order valence-electron chi connectivity index (χ1n) is 4.00. The molecule has 1 aromatic carbocycles. The molecule has 1 aromatic rings. The number of primary sulfonamides is 1. The van der Waals surface area contributed by atoms with Crippen molar-refractivity contribution in [2.45, 2.75) is 11.8 Å². The summed E-state index contributed by atoms with van der Waals surface area (Å²) >= 11 is 0. The highest BCUT2D eigenvalue weighted by atomic mass is 35.5. The van der Waals surface area contributed by atoms with Gasteiger partial charge in [-0.15, -0.1) is 12.4 Å². The Morgan fingerprint density at radius 2 is 2.00 bits per heavy atom. The summed E-state index contributed by atoms with van der Waals surface area (Å²) in [7, 11) is -3.78. The molecule has 15 heavy (non-hydrogen) atoms. The largest absolute Gasteiger partial charge is 0.492 e. The molecule has 1 rings (SSSR count). The molecule has 0 fully saturated rings. The van der Waals surface area contributed by atoms with Gasteiger partial charge in [0.2, 0.25) is 10.0 Å². The Morgan fingerprint density at radius 3 is 2.47 bits per heavy atom. The molecule has 0 radical (unpaired) electrons. The molecule has 0 unspecified atom stereocenters. The van der Waals surface area contributed by atoms with E-state index in [1.165, 1.54) is 12.1 Å². The molecule has 0 spiro atoms. The van der Waals surface area contributed by atoms with E-state index < -0.39 is 10.0 Å². The third-order valence-corrected chi connectivity index (χ3v) is 2.51. The first-order chi connectivity index (χ1) is 6.45. The van der Waals surface area contributed by atoms with Crippen molar-refractivity contribution in [2.24, 2.45) is 5.14 Å². The smallest absolute Gasteiger partial charge is 0.241 e. The average molecular weight is 253 g/mol. The fourth-order valence-corrected chi connectivity index (χ4v) is 1.73. The zero-order valence-corrected chi connectivity index (χ0v) is 9.77. The Morgan fingerprint density at radius 1 is 1.40 bits per heavy atom. The molecule has 86 valence electrons. The number of sulfonamides is 1. The molecule has 0 bridgehead atoms. The van der Waals surface area contributed by atoms with Gasteiger partial charge in [0, 0.05) is 5.69 Å². The Kier molecular flexibility index (Phi) is 4.86. The van der Waals surface area contributed by atoms with E-state index in [2.05, 4.69) is 0 Å². The summed E-state index contributed by atoms with van der Waals surface area (Å²) in [5.41, 5.74) is 5.78. The maximum atomic E-state index is 11.1. The number of benzene rings is 1. The zero-order chi connectivity index (χ0) is 10.8. The molecule has 0 heterocycles. The van der Waals surface area contributed by atoms with Crippen LogP contribution < -0.4 is 15.6 Å². The number of nitrogen functional groups attached to an aromatic ring is 1. The van der Waals surface area contributed by atoms with Gasteiger partial charge in [0.25, 0.3) is 0 Å². The third kappa shape index (κ3) is 3.58. The van der Waals surface area contributed by atoms with Crippen LogP contribution in [0.4, 0.5) is 5.69 Å². The first-order valence-corrected chi connectivity index (χ1v) is 5.55. The minimum atomic E-state index is -3.78. The molecule has 0 aromatic heterocycles. The van der Waals surface area contributed by atoms with Gasteiger partial charge in [-0.05, 0) is 25.1 Å². The highest BCUT2D eigenvalue weighted by molar-refractivity contribution is 7.89. The zero-order valence-electron chi connectivity index (χ0n) is 8.14. The molecule has 5 nitrogen and oxygen atoms in total. The normalized spacial score (nSPS) is 10.5. The second kappa shape index (κ2) is 5.20. The van der Waals surface area contributed by atoms with Crippen molar-refractivity contribution in [1.29, 1.82) is 0 Å². The van der Waals surface area contributed by atoms with Crippen LogP contribution in [0.1, 0.15) is 6.92 Å². The lowest BCUT2D eigenvalue weighted by Crippen LogP contribution is -2.14. The number of rotatable bonds is 3. The number of hydrogen-bond donors (Lipinski definition) is 2. The topological polar surface area (TPSA) is 95.4 Å². The summed E-state index contributed by atoms with van der Waals surface area (Å²) in [5.74, 6) is 0.226. The van der Waals surface area contributed by atoms with E-state index in [9.17, 15) is 8.42 Å². The van der Waals surface area contributed by atoms with Crippen LogP contribution in [0.3, 0.4) is 0 Å². The number of halogens is 1. The van der Waals surface area contributed by atoms with Gasteiger partial charge in [-0.1, -0.05) is 0 Å². The van der Waals surface area contributed by atoms with Gasteiger partial charge < -0.3 is 10.5 Å². The van der Waals surface area contributed by atoms with E-state index in [-0.39, 0.29) is 23.1 Å². The standard InChI is InChI=1S/C8H12N2O3S.ClH/c1-2-13-7-4-3-6(9)5-8(7)14(10,11)12;/h3-5H,2,9H2,1H3,(H2,10,11,12);1H. The molecule has 0 saturated carbocycles. The van der Waals surface area contributed by atoms with Gasteiger partial charge in [0.1, 0.15) is 10.6 Å². The van der Waals surface area contributed by atoms with Crippen LogP contribution in [0, 0.1) is 0 Å². The monoisotopic (exact) mass is 252 g/mol. The van der Waals surface area contributed by atoms with Gasteiger partial charge >= 0.3 is 0 Å². The highest BCUT2D eigenvalue weighted by Crippen LogP contribution is 2.24. The lowest BCUT2D eigenvalue weighted by molar-refractivity contribution is 0.331. The Bertz CT molecular complexity index is 434. The summed E-state index contributed by atoms with van der Waals surface area (Å²) in [6, 6.07) is 4.32. The molecule has 0 amide bonds. The quantitative estimate of drug-likeness (QED) is 0.776. The molecule has 0 aliphatic rings. The average Bonchev–Trinajstić information content (AvgIpc) is 2.07. The number of hydrogen-bond acceptors (Lipinski definition) is 4. The number of anilines is 1. The van der Waals surface area contributed by atoms with Crippen molar-refractivity contribution < 1.29 is 13.2 Å². The maximum Gasteiger partial charge on any atom is 0.241 e. The lowest BCUT2D eigenvalue weighted by atomic mass is 10.3. The third-order valence-electron chi connectivity index (χ3n) is 1.57. The van der Waals surface area contributed by atoms with E-state index in [0.717, 1.165) is 0 Å².